The molecule has 0 unspecified atom stereocenters. The first-order chi connectivity index (χ1) is 11.0. The number of nitrogens with one attached hydrogen (secondary N) is 2. The number of hydrogen-bond donors (Lipinski definition) is 2. The zero-order chi connectivity index (χ0) is 16.8. The molecule has 0 aliphatic rings. The molecule has 0 aliphatic heterocycles. The van der Waals surface area contributed by atoms with E-state index in [2.05, 4.69) is 26.6 Å². The Labute approximate surface area is 142 Å². The van der Waals surface area contributed by atoms with Crippen LogP contribution in [-0.2, 0) is 16.1 Å². The van der Waals surface area contributed by atoms with Crippen LogP contribution < -0.4 is 10.6 Å². The maximum atomic E-state index is 13.4. The SMILES string of the molecule is Cc1ccc(NC(=O)CC(=O)NCc2ccccc2F)c(Br)c1. The molecule has 0 aromatic heterocycles. The molecule has 2 amide bonds. The van der Waals surface area contributed by atoms with Crippen molar-refractivity contribution >= 4 is 33.4 Å². The Morgan fingerprint density at radius 2 is 1.87 bits per heavy atom. The number of hydrogen-bond acceptors (Lipinski definition) is 2. The fourth-order valence-corrected chi connectivity index (χ4v) is 2.55. The van der Waals surface area contributed by atoms with Gasteiger partial charge in [-0.15, -0.1) is 0 Å². The van der Waals surface area contributed by atoms with E-state index in [0.717, 1.165) is 10.0 Å². The first-order valence-electron chi connectivity index (χ1n) is 7.02. The topological polar surface area (TPSA) is 58.2 Å². The highest BCUT2D eigenvalue weighted by atomic mass is 79.9. The maximum Gasteiger partial charge on any atom is 0.233 e. The summed E-state index contributed by atoms with van der Waals surface area (Å²) < 4.78 is 14.2. The van der Waals surface area contributed by atoms with Crippen molar-refractivity contribution in [1.82, 2.24) is 5.32 Å². The van der Waals surface area contributed by atoms with Crippen LogP contribution in [0.15, 0.2) is 46.9 Å². The largest absolute Gasteiger partial charge is 0.351 e. The highest BCUT2D eigenvalue weighted by molar-refractivity contribution is 9.10. The van der Waals surface area contributed by atoms with Gasteiger partial charge >= 0.3 is 0 Å². The van der Waals surface area contributed by atoms with Crippen LogP contribution in [0.5, 0.6) is 0 Å². The highest BCUT2D eigenvalue weighted by Gasteiger charge is 2.11. The predicted octanol–water partition coefficient (Wildman–Crippen LogP) is 3.54. The molecule has 0 radical (unpaired) electrons. The average Bonchev–Trinajstić information content (AvgIpc) is 2.49. The second-order valence-electron chi connectivity index (χ2n) is 5.08. The van der Waals surface area contributed by atoms with Gasteiger partial charge in [-0.3, -0.25) is 9.59 Å². The number of halogens is 2. The number of amides is 2. The second kappa shape index (κ2) is 7.87. The molecular formula is C17H16BrFN2O2. The Hall–Kier alpha value is -2.21. The van der Waals surface area contributed by atoms with Gasteiger partial charge in [0.05, 0.1) is 5.69 Å². The summed E-state index contributed by atoms with van der Waals surface area (Å²) in [6, 6.07) is 11.7. The molecule has 0 bridgehead atoms. The minimum atomic E-state index is -0.464. The van der Waals surface area contributed by atoms with E-state index >= 15 is 0 Å². The molecule has 120 valence electrons. The summed E-state index contributed by atoms with van der Waals surface area (Å²) >= 11 is 3.35. The van der Waals surface area contributed by atoms with Gasteiger partial charge in [-0.2, -0.15) is 0 Å². The van der Waals surface area contributed by atoms with Crippen molar-refractivity contribution in [2.75, 3.05) is 5.32 Å². The molecular weight excluding hydrogens is 363 g/mol. The molecule has 0 saturated heterocycles. The van der Waals surface area contributed by atoms with E-state index in [1.54, 1.807) is 24.3 Å². The van der Waals surface area contributed by atoms with Crippen molar-refractivity contribution in [3.8, 4) is 0 Å². The summed E-state index contributed by atoms with van der Waals surface area (Å²) in [5.74, 6) is -1.28. The molecule has 0 spiro atoms. The average molecular weight is 379 g/mol. The normalized spacial score (nSPS) is 10.2. The lowest BCUT2D eigenvalue weighted by Crippen LogP contribution is -2.28. The molecule has 0 heterocycles. The smallest absolute Gasteiger partial charge is 0.233 e. The van der Waals surface area contributed by atoms with Gasteiger partial charge in [0, 0.05) is 16.6 Å². The lowest BCUT2D eigenvalue weighted by molar-refractivity contribution is -0.126. The summed E-state index contributed by atoms with van der Waals surface area (Å²) in [7, 11) is 0. The lowest BCUT2D eigenvalue weighted by atomic mass is 10.2. The third kappa shape index (κ3) is 5.17. The molecule has 4 nitrogen and oxygen atoms in total. The van der Waals surface area contributed by atoms with E-state index in [4.69, 9.17) is 0 Å². The molecule has 0 aliphatic carbocycles. The first-order valence-corrected chi connectivity index (χ1v) is 7.81. The number of aryl methyl sites for hydroxylation is 1. The van der Waals surface area contributed by atoms with Crippen molar-refractivity contribution < 1.29 is 14.0 Å². The molecule has 0 atom stereocenters. The van der Waals surface area contributed by atoms with Crippen LogP contribution >= 0.6 is 15.9 Å². The fourth-order valence-electron chi connectivity index (χ4n) is 1.96. The Morgan fingerprint density at radius 3 is 2.57 bits per heavy atom. The highest BCUT2D eigenvalue weighted by Crippen LogP contribution is 2.23. The number of carbonyl (C=O) groups excluding carboxylic acids is 2. The van der Waals surface area contributed by atoms with Crippen LogP contribution in [0.25, 0.3) is 0 Å². The zero-order valence-electron chi connectivity index (χ0n) is 12.5. The van der Waals surface area contributed by atoms with E-state index in [1.807, 2.05) is 19.1 Å². The number of carbonyl (C=O) groups is 2. The molecule has 2 rings (SSSR count). The van der Waals surface area contributed by atoms with E-state index < -0.39 is 11.8 Å². The third-order valence-electron chi connectivity index (χ3n) is 3.15. The molecule has 0 fully saturated rings. The van der Waals surface area contributed by atoms with Gasteiger partial charge in [0.1, 0.15) is 12.2 Å². The Kier molecular flexibility index (Phi) is 5.87. The van der Waals surface area contributed by atoms with Crippen molar-refractivity contribution in [3.05, 3.63) is 63.9 Å². The first kappa shape index (κ1) is 17.1. The van der Waals surface area contributed by atoms with Gasteiger partial charge in [0.15, 0.2) is 0 Å². The van der Waals surface area contributed by atoms with E-state index in [1.165, 1.54) is 6.07 Å². The molecule has 2 aromatic carbocycles. The minimum absolute atomic E-state index is 0.0486. The molecule has 2 aromatic rings. The van der Waals surface area contributed by atoms with Crippen LogP contribution in [0, 0.1) is 12.7 Å². The Balaban J connectivity index is 1.85. The predicted molar refractivity (Wildman–Crippen MR) is 90.4 cm³/mol. The summed E-state index contributed by atoms with van der Waals surface area (Å²) in [6.45, 7) is 1.99. The van der Waals surface area contributed by atoms with E-state index in [-0.39, 0.29) is 18.8 Å². The quantitative estimate of drug-likeness (QED) is 0.781. The monoisotopic (exact) mass is 378 g/mol. The Bertz CT molecular complexity index is 734. The summed E-state index contributed by atoms with van der Waals surface area (Å²) in [5.41, 5.74) is 2.03. The van der Waals surface area contributed by atoms with Gasteiger partial charge in [-0.25, -0.2) is 4.39 Å². The van der Waals surface area contributed by atoms with Gasteiger partial charge in [-0.05, 0) is 46.6 Å². The number of benzene rings is 2. The van der Waals surface area contributed by atoms with Crippen molar-refractivity contribution in [3.63, 3.8) is 0 Å². The van der Waals surface area contributed by atoms with Gasteiger partial charge in [-0.1, -0.05) is 24.3 Å². The second-order valence-corrected chi connectivity index (χ2v) is 5.93. The van der Waals surface area contributed by atoms with Crippen molar-refractivity contribution in [2.24, 2.45) is 0 Å². The Morgan fingerprint density at radius 1 is 1.13 bits per heavy atom. The number of anilines is 1. The van der Waals surface area contributed by atoms with Gasteiger partial charge in [0.25, 0.3) is 0 Å². The summed E-state index contributed by atoms with van der Waals surface area (Å²) in [4.78, 5) is 23.6. The van der Waals surface area contributed by atoms with Crippen LogP contribution in [0.3, 0.4) is 0 Å². The standard InChI is InChI=1S/C17H16BrFN2O2/c1-11-6-7-15(13(18)8-11)21-17(23)9-16(22)20-10-12-4-2-3-5-14(12)19/h2-8H,9-10H2,1H3,(H,20,22)(H,21,23). The zero-order valence-corrected chi connectivity index (χ0v) is 14.1. The van der Waals surface area contributed by atoms with Crippen molar-refractivity contribution in [1.29, 1.82) is 0 Å². The van der Waals surface area contributed by atoms with Crippen LogP contribution in [0.2, 0.25) is 0 Å². The van der Waals surface area contributed by atoms with Crippen LogP contribution in [0.1, 0.15) is 17.5 Å². The lowest BCUT2D eigenvalue weighted by Gasteiger charge is -2.09. The fraction of sp³-hybridized carbons (Fsp3) is 0.176. The summed E-state index contributed by atoms with van der Waals surface area (Å²) in [5, 5.41) is 5.19. The number of rotatable bonds is 5. The molecule has 2 N–H and O–H groups in total. The van der Waals surface area contributed by atoms with Crippen LogP contribution in [0.4, 0.5) is 10.1 Å². The van der Waals surface area contributed by atoms with E-state index in [9.17, 15) is 14.0 Å². The molecule has 0 saturated carbocycles. The van der Waals surface area contributed by atoms with Crippen molar-refractivity contribution in [2.45, 2.75) is 19.9 Å². The molecule has 23 heavy (non-hydrogen) atoms. The maximum absolute atomic E-state index is 13.4. The summed E-state index contributed by atoms with van der Waals surface area (Å²) in [6.07, 6.45) is -0.325. The third-order valence-corrected chi connectivity index (χ3v) is 3.81. The molecule has 6 heteroatoms. The van der Waals surface area contributed by atoms with Crippen LogP contribution in [-0.4, -0.2) is 11.8 Å². The van der Waals surface area contributed by atoms with Gasteiger partial charge < -0.3 is 10.6 Å². The van der Waals surface area contributed by atoms with Gasteiger partial charge in [0.2, 0.25) is 11.8 Å². The minimum Gasteiger partial charge on any atom is -0.351 e. The van der Waals surface area contributed by atoms with E-state index in [0.29, 0.717) is 11.3 Å².